The van der Waals surface area contributed by atoms with Gasteiger partial charge in [0.05, 0.1) is 0 Å². The number of rotatable bonds is 4. The third-order valence-electron chi connectivity index (χ3n) is 1.37. The van der Waals surface area contributed by atoms with Gasteiger partial charge < -0.3 is 5.32 Å². The average Bonchev–Trinajstić information content (AvgIpc) is 2.07. The van der Waals surface area contributed by atoms with E-state index in [2.05, 4.69) is 22.9 Å². The summed E-state index contributed by atoms with van der Waals surface area (Å²) in [5, 5.41) is 3.25. The van der Waals surface area contributed by atoms with Crippen molar-refractivity contribution < 1.29 is 0 Å². The summed E-state index contributed by atoms with van der Waals surface area (Å²) in [6, 6.07) is 4.01. The topological polar surface area (TPSA) is 24.9 Å². The highest BCUT2D eigenvalue weighted by molar-refractivity contribution is 7.80. The first-order chi connectivity index (χ1) is 5.43. The Morgan fingerprint density at radius 3 is 2.73 bits per heavy atom. The van der Waals surface area contributed by atoms with E-state index in [1.807, 2.05) is 12.1 Å². The number of pyridine rings is 1. The highest BCUT2D eigenvalue weighted by Crippen LogP contribution is 1.93. The molecule has 0 unspecified atom stereocenters. The molecule has 0 aromatic carbocycles. The van der Waals surface area contributed by atoms with E-state index in [1.54, 1.807) is 12.4 Å². The van der Waals surface area contributed by atoms with Gasteiger partial charge in [-0.25, -0.2) is 0 Å². The first kappa shape index (κ1) is 8.56. The molecule has 0 fully saturated rings. The summed E-state index contributed by atoms with van der Waals surface area (Å²) in [5.74, 6) is 0.880. The first-order valence-electron chi connectivity index (χ1n) is 3.64. The van der Waals surface area contributed by atoms with Crippen molar-refractivity contribution in [3.8, 4) is 0 Å². The Labute approximate surface area is 72.5 Å². The maximum Gasteiger partial charge on any atom is 0.0271 e. The minimum atomic E-state index is 0.880. The van der Waals surface area contributed by atoms with Crippen LogP contribution in [0, 0.1) is 0 Å². The smallest absolute Gasteiger partial charge is 0.0271 e. The van der Waals surface area contributed by atoms with Crippen LogP contribution < -0.4 is 5.32 Å². The number of thiol groups is 1. The van der Waals surface area contributed by atoms with Gasteiger partial charge in [-0.3, -0.25) is 4.98 Å². The molecule has 60 valence electrons. The van der Waals surface area contributed by atoms with Crippen LogP contribution in [-0.2, 0) is 6.54 Å². The van der Waals surface area contributed by atoms with E-state index in [-0.39, 0.29) is 0 Å². The fraction of sp³-hybridized carbons (Fsp3) is 0.375. The van der Waals surface area contributed by atoms with Crippen molar-refractivity contribution in [2.75, 3.05) is 12.3 Å². The number of nitrogens with one attached hydrogen (secondary N) is 1. The van der Waals surface area contributed by atoms with Gasteiger partial charge in [-0.2, -0.15) is 12.6 Å². The zero-order valence-corrected chi connectivity index (χ0v) is 7.22. The van der Waals surface area contributed by atoms with Crippen LogP contribution in [0.3, 0.4) is 0 Å². The summed E-state index contributed by atoms with van der Waals surface area (Å²) in [6.45, 7) is 1.86. The second-order valence-electron chi connectivity index (χ2n) is 2.26. The normalized spacial score (nSPS) is 9.91. The summed E-state index contributed by atoms with van der Waals surface area (Å²) in [6.07, 6.45) is 3.61. The molecule has 11 heavy (non-hydrogen) atoms. The number of aromatic nitrogens is 1. The minimum Gasteiger partial charge on any atom is -0.312 e. The SMILES string of the molecule is SCCNCc1ccncc1. The Bertz CT molecular complexity index is 189. The summed E-state index contributed by atoms with van der Waals surface area (Å²) >= 11 is 4.09. The number of hydrogen-bond acceptors (Lipinski definition) is 3. The highest BCUT2D eigenvalue weighted by Gasteiger charge is 1.88. The molecule has 1 aromatic rings. The molecular weight excluding hydrogens is 156 g/mol. The van der Waals surface area contributed by atoms with Crippen molar-refractivity contribution in [2.24, 2.45) is 0 Å². The van der Waals surface area contributed by atoms with Crippen molar-refractivity contribution in [3.63, 3.8) is 0 Å². The van der Waals surface area contributed by atoms with E-state index in [0.717, 1.165) is 18.8 Å². The third kappa shape index (κ3) is 3.39. The lowest BCUT2D eigenvalue weighted by Crippen LogP contribution is -2.15. The van der Waals surface area contributed by atoms with E-state index in [0.29, 0.717) is 0 Å². The predicted octanol–water partition coefficient (Wildman–Crippen LogP) is 1.10. The van der Waals surface area contributed by atoms with E-state index >= 15 is 0 Å². The van der Waals surface area contributed by atoms with Crippen LogP contribution in [0.5, 0.6) is 0 Å². The Balaban J connectivity index is 2.28. The van der Waals surface area contributed by atoms with Crippen LogP contribution in [0.15, 0.2) is 24.5 Å². The Hall–Kier alpha value is -0.540. The number of hydrogen-bond donors (Lipinski definition) is 2. The fourth-order valence-corrected chi connectivity index (χ4v) is 0.971. The van der Waals surface area contributed by atoms with Gasteiger partial charge in [0.2, 0.25) is 0 Å². The molecule has 0 bridgehead atoms. The zero-order valence-electron chi connectivity index (χ0n) is 6.33. The van der Waals surface area contributed by atoms with Crippen molar-refractivity contribution >= 4 is 12.6 Å². The van der Waals surface area contributed by atoms with Crippen molar-refractivity contribution in [1.82, 2.24) is 10.3 Å². The van der Waals surface area contributed by atoms with Crippen LogP contribution in [0.4, 0.5) is 0 Å². The third-order valence-corrected chi connectivity index (χ3v) is 1.59. The van der Waals surface area contributed by atoms with Gasteiger partial charge in [-0.15, -0.1) is 0 Å². The molecule has 1 heterocycles. The summed E-state index contributed by atoms with van der Waals surface area (Å²) < 4.78 is 0. The van der Waals surface area contributed by atoms with Crippen LogP contribution in [0.2, 0.25) is 0 Å². The molecule has 3 heteroatoms. The molecule has 0 saturated carbocycles. The van der Waals surface area contributed by atoms with Crippen LogP contribution in [-0.4, -0.2) is 17.3 Å². The monoisotopic (exact) mass is 168 g/mol. The maximum atomic E-state index is 4.09. The summed E-state index contributed by atoms with van der Waals surface area (Å²) in [4.78, 5) is 3.93. The van der Waals surface area contributed by atoms with Gasteiger partial charge in [0.25, 0.3) is 0 Å². The van der Waals surface area contributed by atoms with Gasteiger partial charge in [0, 0.05) is 31.2 Å². The van der Waals surface area contributed by atoms with Crippen molar-refractivity contribution in [3.05, 3.63) is 30.1 Å². The molecule has 1 N–H and O–H groups in total. The second-order valence-corrected chi connectivity index (χ2v) is 2.70. The van der Waals surface area contributed by atoms with Crippen molar-refractivity contribution in [1.29, 1.82) is 0 Å². The van der Waals surface area contributed by atoms with Crippen LogP contribution >= 0.6 is 12.6 Å². The molecule has 0 atom stereocenters. The zero-order chi connectivity index (χ0) is 7.94. The molecule has 0 amide bonds. The molecular formula is C8H12N2S. The lowest BCUT2D eigenvalue weighted by Gasteiger charge is -2.00. The predicted molar refractivity (Wildman–Crippen MR) is 49.8 cm³/mol. The molecule has 0 aliphatic carbocycles. The lowest BCUT2D eigenvalue weighted by molar-refractivity contribution is 0.732. The Kier molecular flexibility index (Phi) is 4.01. The second kappa shape index (κ2) is 5.16. The van der Waals surface area contributed by atoms with Crippen LogP contribution in [0.1, 0.15) is 5.56 Å². The van der Waals surface area contributed by atoms with Gasteiger partial charge in [0.1, 0.15) is 0 Å². The summed E-state index contributed by atoms with van der Waals surface area (Å²) in [5.41, 5.74) is 1.27. The van der Waals surface area contributed by atoms with Gasteiger partial charge in [0.15, 0.2) is 0 Å². The molecule has 0 aliphatic heterocycles. The van der Waals surface area contributed by atoms with Crippen molar-refractivity contribution in [2.45, 2.75) is 6.54 Å². The summed E-state index contributed by atoms with van der Waals surface area (Å²) in [7, 11) is 0. The average molecular weight is 168 g/mol. The quantitative estimate of drug-likeness (QED) is 0.520. The van der Waals surface area contributed by atoms with E-state index in [9.17, 15) is 0 Å². The highest BCUT2D eigenvalue weighted by atomic mass is 32.1. The Morgan fingerprint density at radius 2 is 2.09 bits per heavy atom. The molecule has 2 nitrogen and oxygen atoms in total. The first-order valence-corrected chi connectivity index (χ1v) is 4.27. The van der Waals surface area contributed by atoms with Gasteiger partial charge in [-0.1, -0.05) is 0 Å². The molecule has 0 saturated heterocycles. The maximum absolute atomic E-state index is 4.09. The van der Waals surface area contributed by atoms with Gasteiger partial charge in [-0.05, 0) is 17.7 Å². The Morgan fingerprint density at radius 1 is 1.36 bits per heavy atom. The van der Waals surface area contributed by atoms with E-state index in [1.165, 1.54) is 5.56 Å². The molecule has 0 radical (unpaired) electrons. The van der Waals surface area contributed by atoms with E-state index < -0.39 is 0 Å². The molecule has 0 aliphatic rings. The fourth-order valence-electron chi connectivity index (χ4n) is 0.812. The lowest BCUT2D eigenvalue weighted by atomic mass is 10.3. The van der Waals surface area contributed by atoms with Crippen LogP contribution in [0.25, 0.3) is 0 Å². The van der Waals surface area contributed by atoms with Gasteiger partial charge >= 0.3 is 0 Å². The molecule has 1 rings (SSSR count). The number of nitrogens with zero attached hydrogens (tertiary/aromatic N) is 1. The molecule has 0 spiro atoms. The standard InChI is InChI=1S/C8H12N2S/c11-6-5-10-7-8-1-3-9-4-2-8/h1-4,10-11H,5-7H2. The van der Waals surface area contributed by atoms with E-state index in [4.69, 9.17) is 0 Å². The largest absolute Gasteiger partial charge is 0.312 e. The minimum absolute atomic E-state index is 0.880. The molecule has 1 aromatic heterocycles.